The van der Waals surface area contributed by atoms with Gasteiger partial charge in [-0.05, 0) is 25.8 Å². The normalized spacial score (nSPS) is 16.4. The van der Waals surface area contributed by atoms with Crippen LogP contribution in [0.4, 0.5) is 0 Å². The first-order chi connectivity index (χ1) is 7.94. The molecular weight excluding hydrogens is 244 g/mol. The summed E-state index contributed by atoms with van der Waals surface area (Å²) >= 11 is 5.90. The quantitative estimate of drug-likeness (QED) is 0.854. The number of carboxylic acids is 1. The number of carbonyl (C=O) groups excluding carboxylic acids is 1. The van der Waals surface area contributed by atoms with Crippen LogP contribution in [0, 0.1) is 6.92 Å². The van der Waals surface area contributed by atoms with E-state index in [1.807, 2.05) is 0 Å². The SMILES string of the molecule is Cc1cc(Cl)c(C(=O)NC2(C(=O)O)CC2)cn1. The Morgan fingerprint density at radius 2 is 2.18 bits per heavy atom. The maximum atomic E-state index is 11.8. The highest BCUT2D eigenvalue weighted by atomic mass is 35.5. The number of carbonyl (C=O) groups is 2. The number of rotatable bonds is 3. The van der Waals surface area contributed by atoms with Gasteiger partial charge in [-0.2, -0.15) is 0 Å². The minimum atomic E-state index is -1.11. The van der Waals surface area contributed by atoms with Crippen molar-refractivity contribution in [2.75, 3.05) is 0 Å². The van der Waals surface area contributed by atoms with E-state index in [2.05, 4.69) is 10.3 Å². The zero-order chi connectivity index (χ0) is 12.6. The van der Waals surface area contributed by atoms with E-state index in [0.717, 1.165) is 0 Å². The number of nitrogens with zero attached hydrogens (tertiary/aromatic N) is 1. The lowest BCUT2D eigenvalue weighted by Gasteiger charge is -2.12. The molecule has 1 aromatic heterocycles. The number of aliphatic carboxylic acids is 1. The van der Waals surface area contributed by atoms with Crippen LogP contribution in [0.25, 0.3) is 0 Å². The van der Waals surface area contributed by atoms with Crippen molar-refractivity contribution in [2.45, 2.75) is 25.3 Å². The molecule has 0 bridgehead atoms. The first-order valence-electron chi connectivity index (χ1n) is 5.13. The van der Waals surface area contributed by atoms with E-state index in [1.54, 1.807) is 13.0 Å². The number of carboxylic acid groups (broad SMARTS) is 1. The number of pyridine rings is 1. The van der Waals surface area contributed by atoms with Gasteiger partial charge in [0, 0.05) is 11.9 Å². The fraction of sp³-hybridized carbons (Fsp3) is 0.364. The summed E-state index contributed by atoms with van der Waals surface area (Å²) in [5.41, 5.74) is -0.207. The molecule has 2 rings (SSSR count). The second kappa shape index (κ2) is 4.00. The summed E-state index contributed by atoms with van der Waals surface area (Å²) in [7, 11) is 0. The lowest BCUT2D eigenvalue weighted by atomic mass is 10.2. The third-order valence-electron chi connectivity index (χ3n) is 2.75. The summed E-state index contributed by atoms with van der Waals surface area (Å²) < 4.78 is 0. The number of halogens is 1. The fourth-order valence-corrected chi connectivity index (χ4v) is 1.79. The number of amides is 1. The maximum Gasteiger partial charge on any atom is 0.329 e. The predicted octanol–water partition coefficient (Wildman–Crippen LogP) is 1.39. The van der Waals surface area contributed by atoms with Crippen LogP contribution >= 0.6 is 11.6 Å². The van der Waals surface area contributed by atoms with Crippen molar-refractivity contribution < 1.29 is 14.7 Å². The smallest absolute Gasteiger partial charge is 0.329 e. The molecule has 90 valence electrons. The molecule has 0 spiro atoms. The summed E-state index contributed by atoms with van der Waals surface area (Å²) in [6, 6.07) is 1.57. The molecule has 17 heavy (non-hydrogen) atoms. The Labute approximate surface area is 103 Å². The van der Waals surface area contributed by atoms with Gasteiger partial charge in [0.25, 0.3) is 5.91 Å². The first-order valence-corrected chi connectivity index (χ1v) is 5.50. The van der Waals surface area contributed by atoms with Gasteiger partial charge in [-0.3, -0.25) is 9.78 Å². The summed E-state index contributed by atoms with van der Waals surface area (Å²) in [6.07, 6.45) is 2.25. The molecule has 2 N–H and O–H groups in total. The highest BCUT2D eigenvalue weighted by Crippen LogP contribution is 2.36. The van der Waals surface area contributed by atoms with Crippen molar-refractivity contribution in [3.8, 4) is 0 Å². The Morgan fingerprint density at radius 1 is 1.53 bits per heavy atom. The number of hydrogen-bond donors (Lipinski definition) is 2. The van der Waals surface area contributed by atoms with E-state index < -0.39 is 17.4 Å². The Bertz CT molecular complexity index is 497. The second-order valence-electron chi connectivity index (χ2n) is 4.15. The molecule has 1 aliphatic carbocycles. The zero-order valence-corrected chi connectivity index (χ0v) is 9.91. The van der Waals surface area contributed by atoms with E-state index in [0.29, 0.717) is 18.5 Å². The first kappa shape index (κ1) is 11.9. The lowest BCUT2D eigenvalue weighted by Crippen LogP contribution is -2.43. The summed E-state index contributed by atoms with van der Waals surface area (Å²) in [5.74, 6) is -1.51. The standard InChI is InChI=1S/C11H11ClN2O3/c1-6-4-8(12)7(5-13-6)9(15)14-11(2-3-11)10(16)17/h4-5H,2-3H2,1H3,(H,14,15)(H,16,17). The molecule has 1 saturated carbocycles. The van der Waals surface area contributed by atoms with Crippen LogP contribution in [0.2, 0.25) is 5.02 Å². The average Bonchev–Trinajstić information content (AvgIpc) is 2.98. The van der Waals surface area contributed by atoms with Gasteiger partial charge in [-0.15, -0.1) is 0 Å². The zero-order valence-electron chi connectivity index (χ0n) is 9.16. The molecule has 1 heterocycles. The maximum absolute atomic E-state index is 11.8. The molecule has 0 atom stereocenters. The van der Waals surface area contributed by atoms with Gasteiger partial charge < -0.3 is 10.4 Å². The van der Waals surface area contributed by atoms with E-state index in [9.17, 15) is 9.59 Å². The van der Waals surface area contributed by atoms with Crippen molar-refractivity contribution in [3.63, 3.8) is 0 Å². The van der Waals surface area contributed by atoms with Crippen LogP contribution in [-0.2, 0) is 4.79 Å². The fourth-order valence-electron chi connectivity index (χ4n) is 1.50. The summed E-state index contributed by atoms with van der Waals surface area (Å²) in [5, 5.41) is 11.7. The van der Waals surface area contributed by atoms with E-state index >= 15 is 0 Å². The van der Waals surface area contributed by atoms with Gasteiger partial charge in [0.1, 0.15) is 5.54 Å². The molecule has 0 aromatic carbocycles. The molecule has 1 aromatic rings. The molecule has 0 radical (unpaired) electrons. The minimum absolute atomic E-state index is 0.199. The summed E-state index contributed by atoms with van der Waals surface area (Å²) in [4.78, 5) is 26.7. The van der Waals surface area contributed by atoms with Gasteiger partial charge in [-0.1, -0.05) is 11.6 Å². The monoisotopic (exact) mass is 254 g/mol. The molecule has 1 fully saturated rings. The van der Waals surface area contributed by atoms with E-state index in [4.69, 9.17) is 16.7 Å². The molecule has 0 saturated heterocycles. The number of aryl methyl sites for hydroxylation is 1. The molecule has 1 aliphatic rings. The van der Waals surface area contributed by atoms with Crippen molar-refractivity contribution in [2.24, 2.45) is 0 Å². The van der Waals surface area contributed by atoms with Gasteiger partial charge in [0.05, 0.1) is 10.6 Å². The molecule has 0 unspecified atom stereocenters. The molecule has 5 nitrogen and oxygen atoms in total. The molecule has 0 aliphatic heterocycles. The Hall–Kier alpha value is -1.62. The van der Waals surface area contributed by atoms with Gasteiger partial charge in [-0.25, -0.2) is 4.79 Å². The van der Waals surface area contributed by atoms with Crippen molar-refractivity contribution in [3.05, 3.63) is 28.5 Å². The average molecular weight is 255 g/mol. The van der Waals surface area contributed by atoms with Crippen LogP contribution in [0.15, 0.2) is 12.3 Å². The Balaban J connectivity index is 2.18. The van der Waals surface area contributed by atoms with Crippen LogP contribution in [0.3, 0.4) is 0 Å². The molecule has 1 amide bonds. The van der Waals surface area contributed by atoms with Crippen LogP contribution in [-0.4, -0.2) is 27.5 Å². The second-order valence-corrected chi connectivity index (χ2v) is 4.55. The lowest BCUT2D eigenvalue weighted by molar-refractivity contribution is -0.140. The number of hydrogen-bond acceptors (Lipinski definition) is 3. The third kappa shape index (κ3) is 2.24. The van der Waals surface area contributed by atoms with E-state index in [1.165, 1.54) is 6.20 Å². The van der Waals surface area contributed by atoms with Crippen LogP contribution in [0.5, 0.6) is 0 Å². The van der Waals surface area contributed by atoms with Crippen LogP contribution < -0.4 is 5.32 Å². The Morgan fingerprint density at radius 3 is 2.65 bits per heavy atom. The van der Waals surface area contributed by atoms with Crippen molar-refractivity contribution in [1.29, 1.82) is 0 Å². The Kier molecular flexibility index (Phi) is 2.79. The van der Waals surface area contributed by atoms with Crippen molar-refractivity contribution >= 4 is 23.5 Å². The number of nitrogens with one attached hydrogen (secondary N) is 1. The topological polar surface area (TPSA) is 79.3 Å². The third-order valence-corrected chi connectivity index (χ3v) is 3.06. The van der Waals surface area contributed by atoms with Crippen LogP contribution in [0.1, 0.15) is 28.9 Å². The largest absolute Gasteiger partial charge is 0.480 e. The minimum Gasteiger partial charge on any atom is -0.480 e. The van der Waals surface area contributed by atoms with Gasteiger partial charge >= 0.3 is 5.97 Å². The highest BCUT2D eigenvalue weighted by Gasteiger charge is 2.51. The highest BCUT2D eigenvalue weighted by molar-refractivity contribution is 6.33. The molecule has 6 heteroatoms. The summed E-state index contributed by atoms with van der Waals surface area (Å²) in [6.45, 7) is 1.76. The molecular formula is C11H11ClN2O3. The number of aromatic nitrogens is 1. The van der Waals surface area contributed by atoms with Crippen molar-refractivity contribution in [1.82, 2.24) is 10.3 Å². The van der Waals surface area contributed by atoms with Gasteiger partial charge in [0.15, 0.2) is 0 Å². The predicted molar refractivity (Wildman–Crippen MR) is 61.1 cm³/mol. The van der Waals surface area contributed by atoms with Gasteiger partial charge in [0.2, 0.25) is 0 Å². The van der Waals surface area contributed by atoms with E-state index in [-0.39, 0.29) is 10.6 Å².